The molecule has 0 saturated carbocycles. The summed E-state index contributed by atoms with van der Waals surface area (Å²) < 4.78 is 2.23. The van der Waals surface area contributed by atoms with Crippen LogP contribution in [0.2, 0.25) is 0 Å². The minimum atomic E-state index is 0.849. The third kappa shape index (κ3) is 3.29. The number of thiophene rings is 1. The molecule has 0 radical (unpaired) electrons. The van der Waals surface area contributed by atoms with Crippen molar-refractivity contribution < 1.29 is 0 Å². The lowest BCUT2D eigenvalue weighted by molar-refractivity contribution is 0.355. The summed E-state index contributed by atoms with van der Waals surface area (Å²) >= 11 is 8.67. The number of imidazole rings is 1. The molecule has 0 spiro atoms. The van der Waals surface area contributed by atoms with Gasteiger partial charge in [-0.1, -0.05) is 28.1 Å². The average Bonchev–Trinajstić information content (AvgIpc) is 3.15. The lowest BCUT2D eigenvalue weighted by Crippen LogP contribution is -2.19. The Hall–Kier alpha value is -1.37. The average molecular weight is 451 g/mol. The Balaban J connectivity index is 1.53. The van der Waals surface area contributed by atoms with E-state index in [1.807, 2.05) is 0 Å². The second kappa shape index (κ2) is 6.26. The largest absolute Gasteiger partial charge is 0.367 e. The molecule has 1 aliphatic heterocycles. The van der Waals surface area contributed by atoms with Crippen molar-refractivity contribution in [1.82, 2.24) is 14.9 Å². The molecule has 23 heavy (non-hydrogen) atoms. The third-order valence-corrected chi connectivity index (χ3v) is 5.88. The van der Waals surface area contributed by atoms with Gasteiger partial charge in [0.2, 0.25) is 0 Å². The summed E-state index contributed by atoms with van der Waals surface area (Å²) in [6.45, 7) is 1.74. The highest BCUT2D eigenvalue weighted by atomic mass is 79.9. The number of aromatic amines is 1. The molecule has 2 aromatic heterocycles. The highest BCUT2D eigenvalue weighted by Gasteiger charge is 2.17. The molecule has 0 unspecified atom stereocenters. The highest BCUT2D eigenvalue weighted by Crippen LogP contribution is 2.31. The molecule has 1 aliphatic rings. The maximum atomic E-state index is 4.70. The molecule has 3 aromatic rings. The van der Waals surface area contributed by atoms with Gasteiger partial charge in [0, 0.05) is 17.2 Å². The first kappa shape index (κ1) is 15.2. The molecule has 0 atom stereocenters. The molecule has 1 N–H and O–H groups in total. The SMILES string of the molecule is Brc1ccc(CN2C=Cc3nc(-c4ccc(Br)s4)[nH]c3C2)cc1. The van der Waals surface area contributed by atoms with Gasteiger partial charge in [-0.05, 0) is 51.8 Å². The fourth-order valence-corrected chi connectivity index (χ4v) is 4.20. The van der Waals surface area contributed by atoms with Crippen LogP contribution in [0.15, 0.2) is 50.9 Å². The number of hydrogen-bond donors (Lipinski definition) is 1. The van der Waals surface area contributed by atoms with Gasteiger partial charge in [-0.15, -0.1) is 11.3 Å². The molecular formula is C17H13Br2N3S. The molecule has 0 amide bonds. The van der Waals surface area contributed by atoms with Crippen LogP contribution in [-0.4, -0.2) is 14.9 Å². The lowest BCUT2D eigenvalue weighted by atomic mass is 10.2. The highest BCUT2D eigenvalue weighted by molar-refractivity contribution is 9.11. The second-order valence-corrected chi connectivity index (χ2v) is 8.78. The predicted octanol–water partition coefficient (Wildman–Crippen LogP) is 5.65. The molecule has 0 aliphatic carbocycles. The fraction of sp³-hybridized carbons (Fsp3) is 0.118. The maximum Gasteiger partial charge on any atom is 0.148 e. The number of hydrogen-bond acceptors (Lipinski definition) is 3. The van der Waals surface area contributed by atoms with Crippen LogP contribution in [0.1, 0.15) is 17.0 Å². The van der Waals surface area contributed by atoms with Crippen molar-refractivity contribution in [3.8, 4) is 10.7 Å². The Morgan fingerprint density at radius 3 is 2.70 bits per heavy atom. The first-order valence-corrected chi connectivity index (χ1v) is 9.59. The van der Waals surface area contributed by atoms with E-state index < -0.39 is 0 Å². The van der Waals surface area contributed by atoms with Gasteiger partial charge in [0.1, 0.15) is 5.82 Å². The van der Waals surface area contributed by atoms with Crippen molar-refractivity contribution in [2.45, 2.75) is 13.1 Å². The summed E-state index contributed by atoms with van der Waals surface area (Å²) in [5.74, 6) is 0.945. The molecule has 1 aromatic carbocycles. The molecule has 4 rings (SSSR count). The van der Waals surface area contributed by atoms with Gasteiger partial charge in [0.15, 0.2) is 0 Å². The Morgan fingerprint density at radius 1 is 1.13 bits per heavy atom. The third-order valence-electron chi connectivity index (χ3n) is 3.72. The van der Waals surface area contributed by atoms with E-state index in [0.29, 0.717) is 0 Å². The first-order valence-electron chi connectivity index (χ1n) is 7.19. The molecule has 0 fully saturated rings. The van der Waals surface area contributed by atoms with Crippen LogP contribution < -0.4 is 0 Å². The van der Waals surface area contributed by atoms with Gasteiger partial charge in [-0.2, -0.15) is 0 Å². The Kier molecular flexibility index (Phi) is 4.13. The van der Waals surface area contributed by atoms with Crippen LogP contribution in [0.25, 0.3) is 16.8 Å². The molecule has 0 saturated heterocycles. The van der Waals surface area contributed by atoms with E-state index in [1.54, 1.807) is 11.3 Å². The minimum absolute atomic E-state index is 0.849. The van der Waals surface area contributed by atoms with Crippen LogP contribution in [0.3, 0.4) is 0 Å². The summed E-state index contributed by atoms with van der Waals surface area (Å²) in [5.41, 5.74) is 3.50. The Bertz CT molecular complexity index is 864. The first-order chi connectivity index (χ1) is 11.2. The minimum Gasteiger partial charge on any atom is -0.367 e. The Morgan fingerprint density at radius 2 is 1.96 bits per heavy atom. The zero-order valence-electron chi connectivity index (χ0n) is 12.1. The summed E-state index contributed by atoms with van der Waals surface area (Å²) in [6.07, 6.45) is 4.21. The molecule has 3 heterocycles. The number of nitrogens with one attached hydrogen (secondary N) is 1. The van der Waals surface area contributed by atoms with Crippen molar-refractivity contribution in [2.24, 2.45) is 0 Å². The normalized spacial score (nSPS) is 13.4. The van der Waals surface area contributed by atoms with E-state index in [2.05, 4.69) is 90.4 Å². The number of benzene rings is 1. The van der Waals surface area contributed by atoms with Gasteiger partial charge in [-0.25, -0.2) is 4.98 Å². The number of nitrogens with zero attached hydrogens (tertiary/aromatic N) is 2. The van der Waals surface area contributed by atoms with E-state index in [4.69, 9.17) is 4.98 Å². The quantitative estimate of drug-likeness (QED) is 0.559. The molecule has 116 valence electrons. The van der Waals surface area contributed by atoms with Gasteiger partial charge in [0.25, 0.3) is 0 Å². The predicted molar refractivity (Wildman–Crippen MR) is 102 cm³/mol. The second-order valence-electron chi connectivity index (χ2n) is 5.40. The monoisotopic (exact) mass is 449 g/mol. The summed E-state index contributed by atoms with van der Waals surface area (Å²) in [7, 11) is 0. The molecule has 3 nitrogen and oxygen atoms in total. The van der Waals surface area contributed by atoms with E-state index in [9.17, 15) is 0 Å². The number of halogens is 2. The van der Waals surface area contributed by atoms with Crippen LogP contribution in [-0.2, 0) is 13.1 Å². The van der Waals surface area contributed by atoms with Crippen LogP contribution in [0, 0.1) is 0 Å². The van der Waals surface area contributed by atoms with E-state index in [-0.39, 0.29) is 0 Å². The van der Waals surface area contributed by atoms with Gasteiger partial charge >= 0.3 is 0 Å². The van der Waals surface area contributed by atoms with Crippen molar-refractivity contribution in [2.75, 3.05) is 0 Å². The van der Waals surface area contributed by atoms with Crippen LogP contribution >= 0.6 is 43.2 Å². The summed E-state index contributed by atoms with van der Waals surface area (Å²) in [4.78, 5) is 11.6. The molecule has 6 heteroatoms. The number of rotatable bonds is 3. The van der Waals surface area contributed by atoms with Gasteiger partial charge in [-0.3, -0.25) is 0 Å². The van der Waals surface area contributed by atoms with E-state index in [1.165, 1.54) is 11.3 Å². The van der Waals surface area contributed by atoms with Crippen LogP contribution in [0.5, 0.6) is 0 Å². The van der Waals surface area contributed by atoms with Crippen molar-refractivity contribution >= 4 is 49.3 Å². The number of aromatic nitrogens is 2. The maximum absolute atomic E-state index is 4.70. The van der Waals surface area contributed by atoms with Crippen molar-refractivity contribution in [3.05, 3.63) is 67.8 Å². The van der Waals surface area contributed by atoms with Crippen LogP contribution in [0.4, 0.5) is 0 Å². The number of fused-ring (bicyclic) bond motifs is 1. The number of H-pyrrole nitrogens is 1. The molecule has 0 bridgehead atoms. The van der Waals surface area contributed by atoms with Crippen molar-refractivity contribution in [1.29, 1.82) is 0 Å². The zero-order valence-corrected chi connectivity index (χ0v) is 16.1. The zero-order chi connectivity index (χ0) is 15.8. The topological polar surface area (TPSA) is 31.9 Å². The van der Waals surface area contributed by atoms with E-state index >= 15 is 0 Å². The van der Waals surface area contributed by atoms with Crippen molar-refractivity contribution in [3.63, 3.8) is 0 Å². The standard InChI is InChI=1S/C17H13Br2N3S/c18-12-3-1-11(2-4-12)9-22-8-7-13-14(10-22)21-17(20-13)15-5-6-16(19)23-15/h1-8H,9-10H2,(H,20,21). The molecular weight excluding hydrogens is 438 g/mol. The summed E-state index contributed by atoms with van der Waals surface area (Å²) in [5, 5.41) is 0. The smallest absolute Gasteiger partial charge is 0.148 e. The Labute approximate surface area is 155 Å². The lowest BCUT2D eigenvalue weighted by Gasteiger charge is -2.23. The summed E-state index contributed by atoms with van der Waals surface area (Å²) in [6, 6.07) is 12.6. The van der Waals surface area contributed by atoms with Gasteiger partial charge in [0.05, 0.1) is 26.6 Å². The van der Waals surface area contributed by atoms with Gasteiger partial charge < -0.3 is 9.88 Å². The fourth-order valence-electron chi connectivity index (χ4n) is 2.60. The van der Waals surface area contributed by atoms with E-state index in [0.717, 1.165) is 37.7 Å².